The van der Waals surface area contributed by atoms with Crippen LogP contribution >= 0.6 is 7.82 Å². The number of nitrogens with zero attached hydrogens (tertiary/aromatic N) is 1. The second-order valence-electron chi connectivity index (χ2n) is 14.3. The zero-order chi connectivity index (χ0) is 35.8. The first-order valence-corrected chi connectivity index (χ1v) is 20.9. The molecule has 48 heavy (non-hydrogen) atoms. The van der Waals surface area contributed by atoms with E-state index >= 15 is 0 Å². The van der Waals surface area contributed by atoms with Gasteiger partial charge in [0.1, 0.15) is 19.8 Å². The van der Waals surface area contributed by atoms with Gasteiger partial charge in [0.2, 0.25) is 0 Å². The summed E-state index contributed by atoms with van der Waals surface area (Å²) >= 11 is 0. The molecule has 0 aromatic heterocycles. The summed E-state index contributed by atoms with van der Waals surface area (Å²) in [6, 6.07) is 0. The lowest BCUT2D eigenvalue weighted by Crippen LogP contribution is -2.37. The van der Waals surface area contributed by atoms with Gasteiger partial charge in [0.25, 0.3) is 0 Å². The van der Waals surface area contributed by atoms with E-state index in [1.54, 1.807) is 0 Å². The SMILES string of the molecule is CCCCCCCC/C=C/CCCCCC(=O)O[C@H](COC(=O)CCCCCCCCCCCCC)COP(=O)(O)OCC[N+](C)(C)C. The maximum Gasteiger partial charge on any atom is 0.472 e. The van der Waals surface area contributed by atoms with Crippen LogP contribution in [0.25, 0.3) is 0 Å². The second kappa shape index (κ2) is 31.7. The second-order valence-corrected chi connectivity index (χ2v) is 15.8. The Balaban J connectivity index is 4.45. The molecular weight excluding hydrogens is 629 g/mol. The average molecular weight is 705 g/mol. The van der Waals surface area contributed by atoms with E-state index in [-0.39, 0.29) is 25.6 Å². The Morgan fingerprint density at radius 1 is 0.625 bits per heavy atom. The summed E-state index contributed by atoms with van der Waals surface area (Å²) in [6.07, 6.45) is 29.7. The van der Waals surface area contributed by atoms with E-state index < -0.39 is 26.5 Å². The van der Waals surface area contributed by atoms with Crippen molar-refractivity contribution in [1.82, 2.24) is 0 Å². The minimum atomic E-state index is -4.36. The Bertz CT molecular complexity index is 845. The van der Waals surface area contributed by atoms with Gasteiger partial charge in [0.15, 0.2) is 6.10 Å². The lowest BCUT2D eigenvalue weighted by Gasteiger charge is -2.24. The molecule has 1 unspecified atom stereocenters. The topological polar surface area (TPSA) is 108 Å². The molecule has 0 aliphatic carbocycles. The van der Waals surface area contributed by atoms with Crippen LogP contribution in [0.4, 0.5) is 0 Å². The third-order valence-electron chi connectivity index (χ3n) is 8.30. The summed E-state index contributed by atoms with van der Waals surface area (Å²) in [5, 5.41) is 0. The number of rotatable bonds is 35. The highest BCUT2D eigenvalue weighted by atomic mass is 31.2. The molecule has 0 aliphatic heterocycles. The first-order valence-electron chi connectivity index (χ1n) is 19.4. The third kappa shape index (κ3) is 34.6. The maximum atomic E-state index is 12.6. The number of phosphoric ester groups is 1. The number of hydrogen-bond acceptors (Lipinski definition) is 7. The summed E-state index contributed by atoms with van der Waals surface area (Å²) in [5.41, 5.74) is 0. The zero-order valence-electron chi connectivity index (χ0n) is 31.7. The standard InChI is InChI=1S/C38H74NO8P/c1-6-8-10-12-14-16-18-19-21-23-25-27-29-31-38(41)47-36(35-46-48(42,43)45-33-32-39(3,4)5)34-44-37(40)30-28-26-24-22-20-17-15-13-11-9-7-2/h19,21,36H,6-18,20,22-35H2,1-5H3/p+1/b21-19+/t36-/m1/s1. The molecule has 10 heteroatoms. The van der Waals surface area contributed by atoms with Gasteiger partial charge in [-0.25, -0.2) is 4.57 Å². The monoisotopic (exact) mass is 705 g/mol. The van der Waals surface area contributed by atoms with Crippen molar-refractivity contribution in [2.45, 2.75) is 174 Å². The molecule has 9 nitrogen and oxygen atoms in total. The van der Waals surface area contributed by atoms with Gasteiger partial charge in [-0.2, -0.15) is 0 Å². The van der Waals surface area contributed by atoms with Crippen LogP contribution in [0.3, 0.4) is 0 Å². The van der Waals surface area contributed by atoms with E-state index in [2.05, 4.69) is 26.0 Å². The van der Waals surface area contributed by atoms with Gasteiger partial charge in [-0.05, 0) is 38.5 Å². The van der Waals surface area contributed by atoms with E-state index in [0.717, 1.165) is 44.9 Å². The molecule has 0 rings (SSSR count). The Labute approximate surface area is 295 Å². The molecule has 1 N–H and O–H groups in total. The molecule has 0 spiro atoms. The lowest BCUT2D eigenvalue weighted by atomic mass is 10.1. The summed E-state index contributed by atoms with van der Waals surface area (Å²) in [6.45, 7) is 4.38. The number of ether oxygens (including phenoxy) is 2. The van der Waals surface area contributed by atoms with Crippen LogP contribution in [0.15, 0.2) is 12.2 Å². The Hall–Kier alpha value is -1.25. The van der Waals surface area contributed by atoms with E-state index in [0.29, 0.717) is 23.9 Å². The average Bonchev–Trinajstić information content (AvgIpc) is 3.02. The van der Waals surface area contributed by atoms with Gasteiger partial charge in [-0.15, -0.1) is 0 Å². The predicted molar refractivity (Wildman–Crippen MR) is 197 cm³/mol. The van der Waals surface area contributed by atoms with Crippen molar-refractivity contribution in [1.29, 1.82) is 0 Å². The molecule has 0 saturated heterocycles. The van der Waals surface area contributed by atoms with E-state index in [4.69, 9.17) is 18.5 Å². The lowest BCUT2D eigenvalue weighted by molar-refractivity contribution is -0.870. The van der Waals surface area contributed by atoms with Gasteiger partial charge in [0.05, 0.1) is 27.7 Å². The van der Waals surface area contributed by atoms with Gasteiger partial charge >= 0.3 is 19.8 Å². The molecule has 0 heterocycles. The van der Waals surface area contributed by atoms with E-state index in [1.165, 1.54) is 89.9 Å². The zero-order valence-corrected chi connectivity index (χ0v) is 32.6. The van der Waals surface area contributed by atoms with E-state index in [1.807, 2.05) is 21.1 Å². The molecule has 0 bridgehead atoms. The third-order valence-corrected chi connectivity index (χ3v) is 9.28. The van der Waals surface area contributed by atoms with Crippen LogP contribution in [0.1, 0.15) is 168 Å². The van der Waals surface area contributed by atoms with Crippen molar-refractivity contribution >= 4 is 19.8 Å². The van der Waals surface area contributed by atoms with Crippen molar-refractivity contribution in [3.8, 4) is 0 Å². The quantitative estimate of drug-likeness (QED) is 0.0228. The van der Waals surface area contributed by atoms with Crippen LogP contribution in [-0.2, 0) is 32.7 Å². The highest BCUT2D eigenvalue weighted by Crippen LogP contribution is 2.43. The molecular formula is C38H75NO8P+. The van der Waals surface area contributed by atoms with Gasteiger partial charge in [-0.1, -0.05) is 129 Å². The molecule has 0 fully saturated rings. The summed E-state index contributed by atoms with van der Waals surface area (Å²) in [4.78, 5) is 35.1. The molecule has 2 atom stereocenters. The molecule has 0 radical (unpaired) electrons. The minimum absolute atomic E-state index is 0.0317. The van der Waals surface area contributed by atoms with Crippen LogP contribution in [0.5, 0.6) is 0 Å². The van der Waals surface area contributed by atoms with Crippen LogP contribution < -0.4 is 0 Å². The number of quaternary nitrogens is 1. The maximum absolute atomic E-state index is 12.6. The minimum Gasteiger partial charge on any atom is -0.462 e. The van der Waals surface area contributed by atoms with Gasteiger partial charge in [-0.3, -0.25) is 18.6 Å². The van der Waals surface area contributed by atoms with Crippen molar-refractivity contribution in [2.75, 3.05) is 47.5 Å². The highest BCUT2D eigenvalue weighted by Gasteiger charge is 2.27. The Morgan fingerprint density at radius 2 is 1.06 bits per heavy atom. The van der Waals surface area contributed by atoms with Crippen LogP contribution in [-0.4, -0.2) is 74.9 Å². The summed E-state index contributed by atoms with van der Waals surface area (Å²) in [7, 11) is 1.47. The number of carbonyl (C=O) groups excluding carboxylic acids is 2. The fraction of sp³-hybridized carbons (Fsp3) is 0.895. The summed E-state index contributed by atoms with van der Waals surface area (Å²) in [5.74, 6) is -0.815. The molecule has 0 amide bonds. The first-order chi connectivity index (χ1) is 23.0. The molecule has 0 aromatic carbocycles. The number of phosphoric acid groups is 1. The predicted octanol–water partition coefficient (Wildman–Crippen LogP) is 10.2. The van der Waals surface area contributed by atoms with Crippen molar-refractivity contribution < 1.29 is 42.1 Å². The fourth-order valence-corrected chi connectivity index (χ4v) is 5.93. The van der Waals surface area contributed by atoms with Gasteiger partial charge in [0, 0.05) is 12.8 Å². The smallest absolute Gasteiger partial charge is 0.462 e. The largest absolute Gasteiger partial charge is 0.472 e. The highest BCUT2D eigenvalue weighted by molar-refractivity contribution is 7.47. The van der Waals surface area contributed by atoms with Crippen molar-refractivity contribution in [3.05, 3.63) is 12.2 Å². The number of unbranched alkanes of at least 4 members (excludes halogenated alkanes) is 19. The Morgan fingerprint density at radius 3 is 1.56 bits per heavy atom. The number of carbonyl (C=O) groups is 2. The molecule has 0 aromatic rings. The van der Waals surface area contributed by atoms with Crippen molar-refractivity contribution in [2.24, 2.45) is 0 Å². The number of likely N-dealkylation sites (N-methyl/N-ethyl adjacent to an activating group) is 1. The number of hydrogen-bond donors (Lipinski definition) is 1. The normalized spacial score (nSPS) is 13.9. The molecule has 0 saturated carbocycles. The molecule has 284 valence electrons. The Kier molecular flexibility index (Phi) is 30.9. The molecule has 0 aliphatic rings. The van der Waals surface area contributed by atoms with Crippen LogP contribution in [0.2, 0.25) is 0 Å². The fourth-order valence-electron chi connectivity index (χ4n) is 5.18. The van der Waals surface area contributed by atoms with Crippen LogP contribution in [0, 0.1) is 0 Å². The van der Waals surface area contributed by atoms with E-state index in [9.17, 15) is 19.0 Å². The number of allylic oxidation sites excluding steroid dienone is 2. The first kappa shape index (κ1) is 46.8. The van der Waals surface area contributed by atoms with Crippen molar-refractivity contribution in [3.63, 3.8) is 0 Å². The number of esters is 2. The van der Waals surface area contributed by atoms with Gasteiger partial charge < -0.3 is 18.9 Å². The summed E-state index contributed by atoms with van der Waals surface area (Å²) < 4.78 is 34.1.